The molecule has 0 unspecified atom stereocenters. The quantitative estimate of drug-likeness (QED) is 0.595. The van der Waals surface area contributed by atoms with E-state index in [1.165, 1.54) is 5.56 Å². The molecule has 32 heavy (non-hydrogen) atoms. The largest absolute Gasteiger partial charge is 0.489 e. The van der Waals surface area contributed by atoms with Gasteiger partial charge in [0, 0.05) is 57.7 Å². The van der Waals surface area contributed by atoms with Gasteiger partial charge in [-0.15, -0.1) is 0 Å². The van der Waals surface area contributed by atoms with Crippen molar-refractivity contribution in [2.24, 2.45) is 0 Å². The Morgan fingerprint density at radius 1 is 1.00 bits per heavy atom. The number of pyridine rings is 1. The molecule has 1 atom stereocenters. The van der Waals surface area contributed by atoms with Gasteiger partial charge in [0.1, 0.15) is 18.4 Å². The van der Waals surface area contributed by atoms with Gasteiger partial charge in [0.2, 0.25) is 5.91 Å². The molecule has 2 heterocycles. The summed E-state index contributed by atoms with van der Waals surface area (Å²) in [7, 11) is 1.71. The lowest BCUT2D eigenvalue weighted by Gasteiger charge is -2.40. The molecule has 0 bridgehead atoms. The number of likely N-dealkylation sites (N-methyl/N-ethyl adjacent to an activating group) is 1. The van der Waals surface area contributed by atoms with E-state index in [1.54, 1.807) is 13.2 Å². The number of carbonyl (C=O) groups excluding carboxylic acids is 1. The molecule has 1 aliphatic heterocycles. The highest BCUT2D eigenvalue weighted by Crippen LogP contribution is 2.20. The second-order valence-corrected chi connectivity index (χ2v) is 8.12. The molecule has 1 aliphatic rings. The summed E-state index contributed by atoms with van der Waals surface area (Å²) in [6.45, 7) is 4.54. The molecular weight excluding hydrogens is 400 g/mol. The fraction of sp³-hybridized carbons (Fsp3) is 0.308. The number of nitrogens with one attached hydrogen (secondary N) is 1. The number of benzene rings is 2. The van der Waals surface area contributed by atoms with E-state index in [0.717, 1.165) is 36.5 Å². The number of hydrogen-bond donors (Lipinski definition) is 1. The molecule has 3 aromatic rings. The molecule has 0 saturated carbocycles. The maximum atomic E-state index is 12.7. The minimum absolute atomic E-state index is 0.0618. The first kappa shape index (κ1) is 22.0. The van der Waals surface area contributed by atoms with Crippen molar-refractivity contribution in [1.82, 2.24) is 20.1 Å². The Labute approximate surface area is 189 Å². The lowest BCUT2D eigenvalue weighted by molar-refractivity contribution is -0.128. The molecule has 1 saturated heterocycles. The van der Waals surface area contributed by atoms with Crippen LogP contribution >= 0.6 is 0 Å². The number of aromatic nitrogens is 1. The van der Waals surface area contributed by atoms with E-state index in [2.05, 4.69) is 56.5 Å². The number of rotatable bonds is 8. The Bertz CT molecular complexity index is 997. The van der Waals surface area contributed by atoms with Gasteiger partial charge in [-0.25, -0.2) is 0 Å². The second kappa shape index (κ2) is 10.9. The Hall–Kier alpha value is -3.22. The summed E-state index contributed by atoms with van der Waals surface area (Å²) < 4.78 is 5.95. The zero-order valence-electron chi connectivity index (χ0n) is 18.5. The van der Waals surface area contributed by atoms with Crippen molar-refractivity contribution in [2.45, 2.75) is 25.7 Å². The minimum atomic E-state index is -0.183. The molecule has 6 heteroatoms. The normalized spacial score (nSPS) is 17.1. The van der Waals surface area contributed by atoms with Gasteiger partial charge in [-0.05, 0) is 29.3 Å². The van der Waals surface area contributed by atoms with E-state index >= 15 is 0 Å². The average molecular weight is 431 g/mol. The van der Waals surface area contributed by atoms with Gasteiger partial charge in [0.05, 0.1) is 0 Å². The van der Waals surface area contributed by atoms with Crippen molar-refractivity contribution in [1.29, 1.82) is 0 Å². The van der Waals surface area contributed by atoms with Crippen molar-refractivity contribution < 1.29 is 9.53 Å². The van der Waals surface area contributed by atoms with Crippen LogP contribution in [0.2, 0.25) is 0 Å². The van der Waals surface area contributed by atoms with Crippen LogP contribution in [0.25, 0.3) is 0 Å². The Balaban J connectivity index is 1.39. The van der Waals surface area contributed by atoms with Crippen molar-refractivity contribution >= 4 is 5.91 Å². The number of piperazine rings is 1. The fourth-order valence-electron chi connectivity index (χ4n) is 4.09. The summed E-state index contributed by atoms with van der Waals surface area (Å²) in [5.41, 5.74) is 3.45. The molecule has 2 aromatic carbocycles. The standard InChI is InChI=1S/C26H30N4O2/c1-27-26(31)25-19-29(17-21-7-3-2-4-8-21)13-14-30(25)18-22-9-5-11-24(15-22)32-20-23-10-6-12-28-16-23/h2-12,15-16,25H,13-14,17-20H2,1H3,(H,27,31)/t25-/m0/s1. The first-order valence-electron chi connectivity index (χ1n) is 11.0. The third-order valence-corrected chi connectivity index (χ3v) is 5.79. The molecule has 4 rings (SSSR count). The molecule has 6 nitrogen and oxygen atoms in total. The molecular formula is C26H30N4O2. The van der Waals surface area contributed by atoms with Crippen molar-refractivity contribution in [3.05, 3.63) is 95.8 Å². The highest BCUT2D eigenvalue weighted by molar-refractivity contribution is 5.81. The topological polar surface area (TPSA) is 57.7 Å². The maximum Gasteiger partial charge on any atom is 0.238 e. The molecule has 0 spiro atoms. The zero-order valence-corrected chi connectivity index (χ0v) is 18.5. The van der Waals surface area contributed by atoms with Gasteiger partial charge < -0.3 is 10.1 Å². The average Bonchev–Trinajstić information content (AvgIpc) is 2.85. The van der Waals surface area contributed by atoms with Crippen LogP contribution in [0.4, 0.5) is 0 Å². The predicted octanol–water partition coefficient (Wildman–Crippen LogP) is 3.09. The summed E-state index contributed by atoms with van der Waals surface area (Å²) in [6, 6.07) is 22.3. The third kappa shape index (κ3) is 5.93. The minimum Gasteiger partial charge on any atom is -0.489 e. The van der Waals surface area contributed by atoms with Crippen molar-refractivity contribution in [3.63, 3.8) is 0 Å². The molecule has 0 radical (unpaired) electrons. The first-order chi connectivity index (χ1) is 15.7. The highest BCUT2D eigenvalue weighted by atomic mass is 16.5. The fourth-order valence-corrected chi connectivity index (χ4v) is 4.09. The molecule has 0 aliphatic carbocycles. The van der Waals surface area contributed by atoms with E-state index in [9.17, 15) is 4.79 Å². The SMILES string of the molecule is CNC(=O)[C@@H]1CN(Cc2ccccc2)CCN1Cc1cccc(OCc2cccnc2)c1. The number of amides is 1. The van der Waals surface area contributed by atoms with E-state index in [0.29, 0.717) is 19.7 Å². The maximum absolute atomic E-state index is 12.7. The predicted molar refractivity (Wildman–Crippen MR) is 125 cm³/mol. The van der Waals surface area contributed by atoms with Gasteiger partial charge in [0.25, 0.3) is 0 Å². The van der Waals surface area contributed by atoms with Crippen LogP contribution in [0.15, 0.2) is 79.1 Å². The third-order valence-electron chi connectivity index (χ3n) is 5.79. The van der Waals surface area contributed by atoms with Gasteiger partial charge in [-0.1, -0.05) is 48.5 Å². The second-order valence-electron chi connectivity index (χ2n) is 8.12. The molecule has 1 aromatic heterocycles. The van der Waals surface area contributed by atoms with Crippen molar-refractivity contribution in [2.75, 3.05) is 26.7 Å². The van der Waals surface area contributed by atoms with Crippen LogP contribution in [0, 0.1) is 0 Å². The molecule has 1 N–H and O–H groups in total. The van der Waals surface area contributed by atoms with Crippen LogP contribution in [-0.4, -0.2) is 53.4 Å². The van der Waals surface area contributed by atoms with E-state index < -0.39 is 0 Å². The first-order valence-corrected chi connectivity index (χ1v) is 11.0. The summed E-state index contributed by atoms with van der Waals surface area (Å²) in [5, 5.41) is 2.85. The number of ether oxygens (including phenoxy) is 1. The smallest absolute Gasteiger partial charge is 0.238 e. The van der Waals surface area contributed by atoms with Gasteiger partial charge in [-0.2, -0.15) is 0 Å². The lowest BCUT2D eigenvalue weighted by atomic mass is 10.1. The number of carbonyl (C=O) groups is 1. The summed E-state index contributed by atoms with van der Waals surface area (Å²) in [5.74, 6) is 0.886. The van der Waals surface area contributed by atoms with Crippen molar-refractivity contribution in [3.8, 4) is 5.75 Å². The van der Waals surface area contributed by atoms with Gasteiger partial charge in [-0.3, -0.25) is 19.6 Å². The van der Waals surface area contributed by atoms with Gasteiger partial charge in [0.15, 0.2) is 0 Å². The van der Waals surface area contributed by atoms with E-state index in [4.69, 9.17) is 4.74 Å². The molecule has 1 amide bonds. The summed E-state index contributed by atoms with van der Waals surface area (Å²) >= 11 is 0. The van der Waals surface area contributed by atoms with Gasteiger partial charge >= 0.3 is 0 Å². The van der Waals surface area contributed by atoms with Crippen LogP contribution < -0.4 is 10.1 Å². The Kier molecular flexibility index (Phi) is 7.48. The number of hydrogen-bond acceptors (Lipinski definition) is 5. The van der Waals surface area contributed by atoms with Crippen LogP contribution in [0.5, 0.6) is 5.75 Å². The molecule has 1 fully saturated rings. The van der Waals surface area contributed by atoms with Crippen LogP contribution in [0.3, 0.4) is 0 Å². The summed E-state index contributed by atoms with van der Waals surface area (Å²) in [4.78, 5) is 21.4. The lowest BCUT2D eigenvalue weighted by Crippen LogP contribution is -2.57. The zero-order chi connectivity index (χ0) is 22.2. The Morgan fingerprint density at radius 3 is 2.59 bits per heavy atom. The van der Waals surface area contributed by atoms with Crippen LogP contribution in [0.1, 0.15) is 16.7 Å². The monoisotopic (exact) mass is 430 g/mol. The van der Waals surface area contributed by atoms with E-state index in [1.807, 2.05) is 36.5 Å². The molecule has 166 valence electrons. The number of nitrogens with zero attached hydrogens (tertiary/aromatic N) is 3. The Morgan fingerprint density at radius 2 is 1.81 bits per heavy atom. The summed E-state index contributed by atoms with van der Waals surface area (Å²) in [6.07, 6.45) is 3.57. The van der Waals surface area contributed by atoms with Crippen LogP contribution in [-0.2, 0) is 24.5 Å². The highest BCUT2D eigenvalue weighted by Gasteiger charge is 2.31. The van der Waals surface area contributed by atoms with E-state index in [-0.39, 0.29) is 11.9 Å².